The summed E-state index contributed by atoms with van der Waals surface area (Å²) in [4.78, 5) is 11.8. The van der Waals surface area contributed by atoms with Crippen molar-refractivity contribution in [2.45, 2.75) is 39.7 Å². The fraction of sp³-hybridized carbons (Fsp3) is 0.692. The van der Waals surface area contributed by atoms with Crippen molar-refractivity contribution in [1.29, 1.82) is 0 Å². The number of nitrogens with one attached hydrogen (secondary N) is 1. The van der Waals surface area contributed by atoms with E-state index in [4.69, 9.17) is 10.5 Å². The van der Waals surface area contributed by atoms with E-state index < -0.39 is 6.04 Å². The van der Waals surface area contributed by atoms with Crippen LogP contribution in [-0.2, 0) is 23.0 Å². The number of ether oxygens (including phenoxy) is 1. The quantitative estimate of drug-likeness (QED) is 0.765. The van der Waals surface area contributed by atoms with Gasteiger partial charge in [0.05, 0.1) is 18.5 Å². The van der Waals surface area contributed by atoms with Crippen molar-refractivity contribution in [2.24, 2.45) is 13.0 Å². The number of hydrogen-bond acceptors (Lipinski definition) is 5. The summed E-state index contributed by atoms with van der Waals surface area (Å²) in [7, 11) is 3.20. The Kier molecular flexibility index (Phi) is 5.20. The van der Waals surface area contributed by atoms with Crippen LogP contribution in [0.1, 0.15) is 32.9 Å². The Balaban J connectivity index is 2.96. The molecule has 1 heterocycles. The lowest BCUT2D eigenvalue weighted by molar-refractivity contribution is -0.141. The molecule has 0 saturated heterocycles. The summed E-state index contributed by atoms with van der Waals surface area (Å²) in [5.74, 6) is 0.761. The van der Waals surface area contributed by atoms with E-state index in [1.54, 1.807) is 4.68 Å². The third kappa shape index (κ3) is 3.62. The van der Waals surface area contributed by atoms with Crippen LogP contribution in [0.3, 0.4) is 0 Å². The Morgan fingerprint density at radius 1 is 1.53 bits per heavy atom. The van der Waals surface area contributed by atoms with E-state index in [2.05, 4.69) is 24.3 Å². The zero-order valence-electron chi connectivity index (χ0n) is 12.4. The van der Waals surface area contributed by atoms with Crippen molar-refractivity contribution in [3.63, 3.8) is 0 Å². The molecule has 108 valence electrons. The van der Waals surface area contributed by atoms with Gasteiger partial charge in [-0.15, -0.1) is 0 Å². The van der Waals surface area contributed by atoms with Gasteiger partial charge in [-0.2, -0.15) is 5.10 Å². The summed E-state index contributed by atoms with van der Waals surface area (Å²) in [6, 6.07) is -0.410. The number of hydrogen-bond donors (Lipinski definition) is 2. The Bertz CT molecular complexity index is 440. The molecule has 1 rings (SSSR count). The van der Waals surface area contributed by atoms with Crippen LogP contribution < -0.4 is 11.1 Å². The van der Waals surface area contributed by atoms with Crippen molar-refractivity contribution >= 4 is 17.5 Å². The highest BCUT2D eigenvalue weighted by atomic mass is 16.5. The lowest BCUT2D eigenvalue weighted by Crippen LogP contribution is -2.33. The van der Waals surface area contributed by atoms with E-state index in [1.165, 1.54) is 7.11 Å². The first-order valence-corrected chi connectivity index (χ1v) is 6.56. The number of nitrogens with two attached hydrogens (primary N) is 1. The summed E-state index contributed by atoms with van der Waals surface area (Å²) in [5.41, 5.74) is 7.47. The van der Waals surface area contributed by atoms with Crippen molar-refractivity contribution in [3.8, 4) is 0 Å². The number of nitrogens with zero attached hydrogens (tertiary/aromatic N) is 2. The SMILES string of the molecule is CCc1nn(C)c(NC(CC(C)C)C(=O)OC)c1N. The zero-order valence-corrected chi connectivity index (χ0v) is 12.4. The summed E-state index contributed by atoms with van der Waals surface area (Å²) >= 11 is 0. The van der Waals surface area contributed by atoms with E-state index in [0.717, 1.165) is 12.1 Å². The van der Waals surface area contributed by atoms with Gasteiger partial charge < -0.3 is 15.8 Å². The summed E-state index contributed by atoms with van der Waals surface area (Å²) in [5, 5.41) is 7.48. The molecule has 0 amide bonds. The number of nitrogen functional groups attached to an aromatic ring is 1. The van der Waals surface area contributed by atoms with Crippen LogP contribution in [0.15, 0.2) is 0 Å². The van der Waals surface area contributed by atoms with E-state index in [9.17, 15) is 4.79 Å². The van der Waals surface area contributed by atoms with Gasteiger partial charge in [-0.05, 0) is 18.8 Å². The van der Waals surface area contributed by atoms with Crippen LogP contribution in [0.5, 0.6) is 0 Å². The van der Waals surface area contributed by atoms with Gasteiger partial charge in [-0.25, -0.2) is 4.79 Å². The smallest absolute Gasteiger partial charge is 0.328 e. The second-order valence-corrected chi connectivity index (χ2v) is 5.04. The maximum atomic E-state index is 11.8. The van der Waals surface area contributed by atoms with Crippen LogP contribution in [0.4, 0.5) is 11.5 Å². The highest BCUT2D eigenvalue weighted by Crippen LogP contribution is 2.24. The number of aryl methyl sites for hydroxylation is 2. The number of carbonyl (C=O) groups excluding carboxylic acids is 1. The molecule has 1 aromatic heterocycles. The van der Waals surface area contributed by atoms with Gasteiger partial charge in [-0.3, -0.25) is 4.68 Å². The zero-order chi connectivity index (χ0) is 14.6. The minimum absolute atomic E-state index is 0.285. The molecule has 0 fully saturated rings. The van der Waals surface area contributed by atoms with Gasteiger partial charge >= 0.3 is 5.97 Å². The van der Waals surface area contributed by atoms with Crippen LogP contribution in [0, 0.1) is 5.92 Å². The first-order chi connectivity index (χ1) is 8.90. The lowest BCUT2D eigenvalue weighted by atomic mass is 10.0. The number of esters is 1. The van der Waals surface area contributed by atoms with Gasteiger partial charge in [0, 0.05) is 7.05 Å². The van der Waals surface area contributed by atoms with Gasteiger partial charge in [-0.1, -0.05) is 20.8 Å². The molecule has 3 N–H and O–H groups in total. The summed E-state index contributed by atoms with van der Waals surface area (Å²) in [6.07, 6.45) is 1.44. The average molecular weight is 268 g/mol. The van der Waals surface area contributed by atoms with E-state index >= 15 is 0 Å². The number of rotatable bonds is 6. The van der Waals surface area contributed by atoms with E-state index in [-0.39, 0.29) is 5.97 Å². The minimum Gasteiger partial charge on any atom is -0.467 e. The molecule has 0 aromatic carbocycles. The van der Waals surface area contributed by atoms with Gasteiger partial charge in [0.2, 0.25) is 0 Å². The molecule has 0 bridgehead atoms. The molecule has 0 aliphatic carbocycles. The van der Waals surface area contributed by atoms with Crippen LogP contribution >= 0.6 is 0 Å². The van der Waals surface area contributed by atoms with Crippen LogP contribution in [0.2, 0.25) is 0 Å². The highest BCUT2D eigenvalue weighted by Gasteiger charge is 2.23. The molecule has 1 atom stereocenters. The Hall–Kier alpha value is -1.72. The fourth-order valence-corrected chi connectivity index (χ4v) is 2.02. The van der Waals surface area contributed by atoms with Gasteiger partial charge in [0.25, 0.3) is 0 Å². The normalized spacial score (nSPS) is 12.5. The topological polar surface area (TPSA) is 82.2 Å². The molecular formula is C13H24N4O2. The number of methoxy groups -OCH3 is 1. The molecule has 6 heteroatoms. The summed E-state index contributed by atoms with van der Waals surface area (Å²) in [6.45, 7) is 6.11. The molecular weight excluding hydrogens is 244 g/mol. The van der Waals surface area contributed by atoms with Crippen molar-refractivity contribution in [3.05, 3.63) is 5.69 Å². The Morgan fingerprint density at radius 3 is 2.58 bits per heavy atom. The molecule has 0 spiro atoms. The molecule has 1 aromatic rings. The second-order valence-electron chi connectivity index (χ2n) is 5.04. The van der Waals surface area contributed by atoms with Crippen molar-refractivity contribution < 1.29 is 9.53 Å². The van der Waals surface area contributed by atoms with E-state index in [0.29, 0.717) is 23.8 Å². The minimum atomic E-state index is -0.410. The Labute approximate surface area is 114 Å². The molecule has 6 nitrogen and oxygen atoms in total. The Morgan fingerprint density at radius 2 is 2.16 bits per heavy atom. The van der Waals surface area contributed by atoms with Crippen LogP contribution in [-0.4, -0.2) is 28.9 Å². The molecule has 0 saturated carbocycles. The fourth-order valence-electron chi connectivity index (χ4n) is 2.02. The molecule has 0 aliphatic rings. The monoisotopic (exact) mass is 268 g/mol. The maximum Gasteiger partial charge on any atom is 0.328 e. The molecule has 0 aliphatic heterocycles. The van der Waals surface area contributed by atoms with Crippen molar-refractivity contribution in [2.75, 3.05) is 18.2 Å². The average Bonchev–Trinajstić information content (AvgIpc) is 2.63. The lowest BCUT2D eigenvalue weighted by Gasteiger charge is -2.19. The highest BCUT2D eigenvalue weighted by molar-refractivity contribution is 5.80. The predicted molar refractivity (Wildman–Crippen MR) is 75.9 cm³/mol. The standard InChI is InChI=1S/C13H24N4O2/c1-6-9-11(14)12(17(4)16-9)15-10(7-8(2)3)13(18)19-5/h8,10,15H,6-7,14H2,1-5H3. The summed E-state index contributed by atoms with van der Waals surface area (Å²) < 4.78 is 6.50. The number of carbonyl (C=O) groups is 1. The second kappa shape index (κ2) is 6.45. The van der Waals surface area contributed by atoms with Crippen molar-refractivity contribution in [1.82, 2.24) is 9.78 Å². The largest absolute Gasteiger partial charge is 0.467 e. The number of anilines is 2. The third-order valence-corrected chi connectivity index (χ3v) is 3.00. The molecule has 19 heavy (non-hydrogen) atoms. The number of aromatic nitrogens is 2. The van der Waals surface area contributed by atoms with E-state index in [1.807, 2.05) is 14.0 Å². The molecule has 1 unspecified atom stereocenters. The first-order valence-electron chi connectivity index (χ1n) is 6.56. The van der Waals surface area contributed by atoms with Gasteiger partial charge in [0.1, 0.15) is 11.9 Å². The maximum absolute atomic E-state index is 11.8. The first kappa shape index (κ1) is 15.3. The van der Waals surface area contributed by atoms with Gasteiger partial charge in [0.15, 0.2) is 0 Å². The third-order valence-electron chi connectivity index (χ3n) is 3.00. The van der Waals surface area contributed by atoms with Crippen LogP contribution in [0.25, 0.3) is 0 Å². The predicted octanol–water partition coefficient (Wildman–Crippen LogP) is 1.56. The molecule has 0 radical (unpaired) electrons.